The van der Waals surface area contributed by atoms with E-state index in [9.17, 15) is 0 Å². The van der Waals surface area contributed by atoms with Crippen LogP contribution in [0.1, 0.15) is 46.0 Å². The summed E-state index contributed by atoms with van der Waals surface area (Å²) in [6, 6.07) is 0. The average molecular weight is 212 g/mol. The van der Waals surface area contributed by atoms with Gasteiger partial charge in [-0.2, -0.15) is 0 Å². The van der Waals surface area contributed by atoms with Crippen LogP contribution in [0.15, 0.2) is 12.2 Å². The molecule has 2 atom stereocenters. The van der Waals surface area contributed by atoms with Gasteiger partial charge in [0.15, 0.2) is 0 Å². The summed E-state index contributed by atoms with van der Waals surface area (Å²) in [5, 5.41) is 0. The fraction of sp³-hybridized carbons (Fsp3) is 0.833. The van der Waals surface area contributed by atoms with Crippen molar-refractivity contribution in [2.24, 2.45) is 0 Å². The lowest BCUT2D eigenvalue weighted by molar-refractivity contribution is -0.499. The molecule has 0 bridgehead atoms. The van der Waals surface area contributed by atoms with Crippen LogP contribution in [0.3, 0.4) is 0 Å². The van der Waals surface area contributed by atoms with Gasteiger partial charge in [-0.05, 0) is 32.3 Å². The van der Waals surface area contributed by atoms with Crippen molar-refractivity contribution in [1.82, 2.24) is 0 Å². The topological polar surface area (TPSA) is 27.7 Å². The zero-order chi connectivity index (χ0) is 10.9. The fourth-order valence-electron chi connectivity index (χ4n) is 2.41. The summed E-state index contributed by atoms with van der Waals surface area (Å²) >= 11 is 0. The van der Waals surface area contributed by atoms with E-state index < -0.39 is 5.79 Å². The normalized spacial score (nSPS) is 35.3. The van der Waals surface area contributed by atoms with Crippen molar-refractivity contribution in [1.29, 1.82) is 0 Å². The van der Waals surface area contributed by atoms with Crippen LogP contribution >= 0.6 is 0 Å². The van der Waals surface area contributed by atoms with E-state index in [1.807, 2.05) is 13.8 Å². The van der Waals surface area contributed by atoms with Gasteiger partial charge in [-0.25, -0.2) is 9.78 Å². The number of hydrogen-bond acceptors (Lipinski definition) is 3. The van der Waals surface area contributed by atoms with E-state index in [2.05, 4.69) is 6.58 Å². The molecular weight excluding hydrogens is 192 g/mol. The molecule has 3 heteroatoms. The van der Waals surface area contributed by atoms with Gasteiger partial charge in [0.05, 0.1) is 6.10 Å². The molecule has 15 heavy (non-hydrogen) atoms. The third kappa shape index (κ3) is 2.25. The molecule has 0 N–H and O–H groups in total. The van der Waals surface area contributed by atoms with Gasteiger partial charge in [0.2, 0.25) is 5.79 Å². The van der Waals surface area contributed by atoms with Crippen molar-refractivity contribution in [2.45, 2.75) is 63.9 Å². The first-order valence-electron chi connectivity index (χ1n) is 5.81. The minimum absolute atomic E-state index is 0.0364. The monoisotopic (exact) mass is 212 g/mol. The van der Waals surface area contributed by atoms with E-state index in [4.69, 9.17) is 14.5 Å². The van der Waals surface area contributed by atoms with Crippen LogP contribution < -0.4 is 0 Å². The number of hydrogen-bond donors (Lipinski definition) is 0. The van der Waals surface area contributed by atoms with E-state index in [0.29, 0.717) is 0 Å². The van der Waals surface area contributed by atoms with Crippen molar-refractivity contribution >= 4 is 0 Å². The zero-order valence-electron chi connectivity index (χ0n) is 9.62. The van der Waals surface area contributed by atoms with Crippen LogP contribution in [0, 0.1) is 0 Å². The number of ether oxygens (including phenoxy) is 1. The molecule has 2 rings (SSSR count). The molecule has 2 aliphatic rings. The molecule has 0 amide bonds. The van der Waals surface area contributed by atoms with Gasteiger partial charge in [-0.15, -0.1) is 0 Å². The zero-order valence-corrected chi connectivity index (χ0v) is 9.62. The lowest BCUT2D eigenvalue weighted by atomic mass is 9.93. The predicted molar refractivity (Wildman–Crippen MR) is 57.1 cm³/mol. The van der Waals surface area contributed by atoms with E-state index in [0.717, 1.165) is 31.3 Å². The highest BCUT2D eigenvalue weighted by molar-refractivity contribution is 5.01. The molecule has 1 aliphatic heterocycles. The molecule has 1 saturated heterocycles. The maximum absolute atomic E-state index is 5.98. The van der Waals surface area contributed by atoms with Crippen LogP contribution in [0.2, 0.25) is 0 Å². The smallest absolute Gasteiger partial charge is 0.201 e. The minimum Gasteiger partial charge on any atom is -0.341 e. The van der Waals surface area contributed by atoms with Crippen LogP contribution in [0.5, 0.6) is 0 Å². The standard InChI is InChI=1S/C12H20O3/c1-9(2)11-10(3)13-12(15-14-11)7-5-4-6-8-12/h10-11H,1,4-8H2,2-3H3/t10-,11-/m0/s1. The van der Waals surface area contributed by atoms with Crippen LogP contribution in [-0.4, -0.2) is 18.0 Å². The quantitative estimate of drug-likeness (QED) is 0.494. The van der Waals surface area contributed by atoms with E-state index in [1.54, 1.807) is 0 Å². The van der Waals surface area contributed by atoms with Crippen LogP contribution in [0.25, 0.3) is 0 Å². The van der Waals surface area contributed by atoms with Gasteiger partial charge >= 0.3 is 0 Å². The maximum atomic E-state index is 5.98. The molecule has 0 unspecified atom stereocenters. The van der Waals surface area contributed by atoms with Crippen molar-refractivity contribution < 1.29 is 14.5 Å². The van der Waals surface area contributed by atoms with Crippen molar-refractivity contribution in [2.75, 3.05) is 0 Å². The second kappa shape index (κ2) is 4.24. The minimum atomic E-state index is -0.469. The van der Waals surface area contributed by atoms with E-state index in [1.165, 1.54) is 6.42 Å². The van der Waals surface area contributed by atoms with Crippen LogP contribution in [-0.2, 0) is 14.5 Å². The predicted octanol–water partition coefficient (Wildman–Crippen LogP) is 2.96. The van der Waals surface area contributed by atoms with Gasteiger partial charge in [0.1, 0.15) is 6.10 Å². The van der Waals surface area contributed by atoms with Crippen molar-refractivity contribution in [3.63, 3.8) is 0 Å². The second-order valence-corrected chi connectivity index (χ2v) is 4.74. The van der Waals surface area contributed by atoms with Crippen LogP contribution in [0.4, 0.5) is 0 Å². The molecule has 0 aromatic heterocycles. The molecule has 1 heterocycles. The maximum Gasteiger partial charge on any atom is 0.201 e. The Hall–Kier alpha value is -0.380. The molecule has 0 aromatic rings. The molecule has 2 fully saturated rings. The molecule has 0 radical (unpaired) electrons. The Bertz CT molecular complexity index is 243. The molecular formula is C12H20O3. The molecule has 3 nitrogen and oxygen atoms in total. The Labute approximate surface area is 91.3 Å². The first kappa shape index (κ1) is 11.1. The Morgan fingerprint density at radius 2 is 1.93 bits per heavy atom. The summed E-state index contributed by atoms with van der Waals surface area (Å²) in [5.74, 6) is -0.469. The number of rotatable bonds is 1. The lowest BCUT2D eigenvalue weighted by Crippen LogP contribution is -2.50. The first-order chi connectivity index (χ1) is 7.13. The largest absolute Gasteiger partial charge is 0.341 e. The van der Waals surface area contributed by atoms with Gasteiger partial charge in [-0.1, -0.05) is 13.0 Å². The highest BCUT2D eigenvalue weighted by atomic mass is 17.2. The van der Waals surface area contributed by atoms with Crippen molar-refractivity contribution in [3.8, 4) is 0 Å². The van der Waals surface area contributed by atoms with E-state index >= 15 is 0 Å². The second-order valence-electron chi connectivity index (χ2n) is 4.74. The Balaban J connectivity index is 2.00. The Morgan fingerprint density at radius 1 is 1.27 bits per heavy atom. The molecule has 86 valence electrons. The third-order valence-electron chi connectivity index (χ3n) is 3.23. The summed E-state index contributed by atoms with van der Waals surface area (Å²) < 4.78 is 5.98. The first-order valence-corrected chi connectivity index (χ1v) is 5.81. The Morgan fingerprint density at radius 3 is 2.47 bits per heavy atom. The molecule has 1 saturated carbocycles. The lowest BCUT2D eigenvalue weighted by Gasteiger charge is -2.44. The fourth-order valence-corrected chi connectivity index (χ4v) is 2.41. The summed E-state index contributed by atoms with van der Waals surface area (Å²) in [5.41, 5.74) is 0.952. The molecule has 1 spiro atoms. The van der Waals surface area contributed by atoms with E-state index in [-0.39, 0.29) is 12.2 Å². The molecule has 1 aliphatic carbocycles. The summed E-state index contributed by atoms with van der Waals surface area (Å²) in [6.07, 6.45) is 5.39. The van der Waals surface area contributed by atoms with Gasteiger partial charge in [0, 0.05) is 12.8 Å². The molecule has 0 aromatic carbocycles. The van der Waals surface area contributed by atoms with Crippen molar-refractivity contribution in [3.05, 3.63) is 12.2 Å². The van der Waals surface area contributed by atoms with Gasteiger partial charge < -0.3 is 4.74 Å². The van der Waals surface area contributed by atoms with Gasteiger partial charge in [0.25, 0.3) is 0 Å². The SMILES string of the molecule is C=C(C)[C@@H]1OOC2(CCCCC2)O[C@H]1C. The highest BCUT2D eigenvalue weighted by Crippen LogP contribution is 2.38. The summed E-state index contributed by atoms with van der Waals surface area (Å²) in [7, 11) is 0. The summed E-state index contributed by atoms with van der Waals surface area (Å²) in [6.45, 7) is 7.84. The third-order valence-corrected chi connectivity index (χ3v) is 3.23. The Kier molecular flexibility index (Phi) is 3.14. The summed E-state index contributed by atoms with van der Waals surface area (Å²) in [4.78, 5) is 10.9. The van der Waals surface area contributed by atoms with Gasteiger partial charge in [-0.3, -0.25) is 0 Å². The highest BCUT2D eigenvalue weighted by Gasteiger charge is 2.43. The average Bonchev–Trinajstić information content (AvgIpc) is 2.18.